The van der Waals surface area contributed by atoms with Gasteiger partial charge in [-0.1, -0.05) is 36.4 Å². The number of urea groups is 1. The first kappa shape index (κ1) is 20.1. The fraction of sp³-hybridized carbons (Fsp3) is 0.440. The number of imide groups is 1. The minimum Gasteiger partial charge on any atom is -0.493 e. The van der Waals surface area contributed by atoms with Gasteiger partial charge in [0.1, 0.15) is 11.3 Å². The van der Waals surface area contributed by atoms with Crippen LogP contribution in [0.2, 0.25) is 0 Å². The number of benzene rings is 2. The molecular formula is C25H28N2O4. The van der Waals surface area contributed by atoms with Crippen LogP contribution in [-0.4, -0.2) is 42.6 Å². The molecular weight excluding hydrogens is 392 g/mol. The van der Waals surface area contributed by atoms with E-state index in [4.69, 9.17) is 9.47 Å². The Morgan fingerprint density at radius 3 is 2.61 bits per heavy atom. The molecule has 1 saturated heterocycles. The molecule has 6 heteroatoms. The van der Waals surface area contributed by atoms with Crippen molar-refractivity contribution >= 4 is 11.9 Å². The van der Waals surface area contributed by atoms with Crippen molar-refractivity contribution in [2.45, 2.75) is 44.2 Å². The maximum absolute atomic E-state index is 13.4. The number of hydrogen-bond acceptors (Lipinski definition) is 4. The van der Waals surface area contributed by atoms with Gasteiger partial charge in [-0.05, 0) is 54.5 Å². The standard InChI is InChI=1S/C25H28N2O4/c1-30-15-18-5-4-8-21(13-18)31-17-24(11-12-24)16-27-22(28)25(26-23(27)29)10-9-19-6-2-3-7-20(19)14-25/h2-8,13H,9-12,14-17H2,1H3,(H,26,29)/t25-/m0/s1. The zero-order chi connectivity index (χ0) is 21.5. The normalized spacial score (nSPS) is 23.6. The van der Waals surface area contributed by atoms with Gasteiger partial charge in [-0.2, -0.15) is 0 Å². The summed E-state index contributed by atoms with van der Waals surface area (Å²) in [6.07, 6.45) is 3.94. The molecule has 0 unspecified atom stereocenters. The summed E-state index contributed by atoms with van der Waals surface area (Å²) in [5, 5.41) is 3.04. The van der Waals surface area contributed by atoms with Crippen LogP contribution in [0.4, 0.5) is 4.79 Å². The van der Waals surface area contributed by atoms with Crippen LogP contribution in [0.15, 0.2) is 48.5 Å². The van der Waals surface area contributed by atoms with Gasteiger partial charge in [0.15, 0.2) is 0 Å². The van der Waals surface area contributed by atoms with Crippen molar-refractivity contribution in [3.05, 3.63) is 65.2 Å². The number of carbonyl (C=O) groups is 2. The average Bonchev–Trinajstić information content (AvgIpc) is 3.51. The Kier molecular flexibility index (Phi) is 4.97. The highest BCUT2D eigenvalue weighted by atomic mass is 16.5. The lowest BCUT2D eigenvalue weighted by atomic mass is 9.78. The van der Waals surface area contributed by atoms with Gasteiger partial charge in [0.05, 0.1) is 13.2 Å². The molecule has 1 spiro atoms. The minimum absolute atomic E-state index is 0.0830. The number of methoxy groups -OCH3 is 1. The van der Waals surface area contributed by atoms with E-state index in [1.165, 1.54) is 10.5 Å². The SMILES string of the molecule is COCc1cccc(OCC2(CN3C(=O)N[C@]4(CCc5ccccc5C4)C3=O)CC2)c1. The average molecular weight is 421 g/mol. The third kappa shape index (κ3) is 3.81. The van der Waals surface area contributed by atoms with E-state index in [9.17, 15) is 9.59 Å². The van der Waals surface area contributed by atoms with E-state index in [0.29, 0.717) is 32.6 Å². The zero-order valence-corrected chi connectivity index (χ0v) is 17.9. The van der Waals surface area contributed by atoms with Crippen LogP contribution in [0.5, 0.6) is 5.75 Å². The number of carbonyl (C=O) groups excluding carboxylic acids is 2. The molecule has 1 atom stereocenters. The molecule has 162 valence electrons. The van der Waals surface area contributed by atoms with Crippen LogP contribution in [-0.2, 0) is 29.0 Å². The van der Waals surface area contributed by atoms with Gasteiger partial charge < -0.3 is 14.8 Å². The third-order valence-corrected chi connectivity index (χ3v) is 6.88. The highest BCUT2D eigenvalue weighted by Crippen LogP contribution is 2.48. The van der Waals surface area contributed by atoms with Crippen molar-refractivity contribution in [2.75, 3.05) is 20.3 Å². The second-order valence-corrected chi connectivity index (χ2v) is 9.22. The molecule has 0 aromatic heterocycles. The van der Waals surface area contributed by atoms with E-state index in [2.05, 4.69) is 17.4 Å². The Hall–Kier alpha value is -2.86. The molecule has 31 heavy (non-hydrogen) atoms. The van der Waals surface area contributed by atoms with Crippen LogP contribution >= 0.6 is 0 Å². The van der Waals surface area contributed by atoms with Crippen molar-refractivity contribution in [3.63, 3.8) is 0 Å². The van der Waals surface area contributed by atoms with E-state index in [0.717, 1.165) is 36.1 Å². The monoisotopic (exact) mass is 420 g/mol. The molecule has 2 aromatic rings. The number of nitrogens with zero attached hydrogens (tertiary/aromatic N) is 1. The van der Waals surface area contributed by atoms with Crippen LogP contribution in [0.25, 0.3) is 0 Å². The lowest BCUT2D eigenvalue weighted by molar-refractivity contribution is -0.132. The van der Waals surface area contributed by atoms with E-state index in [1.807, 2.05) is 36.4 Å². The molecule has 5 rings (SSSR count). The molecule has 0 radical (unpaired) electrons. The topological polar surface area (TPSA) is 67.9 Å². The smallest absolute Gasteiger partial charge is 0.325 e. The molecule has 1 saturated carbocycles. The van der Waals surface area contributed by atoms with Gasteiger partial charge in [0.25, 0.3) is 5.91 Å². The maximum Gasteiger partial charge on any atom is 0.325 e. The van der Waals surface area contributed by atoms with Crippen molar-refractivity contribution in [1.82, 2.24) is 10.2 Å². The highest BCUT2D eigenvalue weighted by molar-refractivity contribution is 6.07. The van der Waals surface area contributed by atoms with Crippen LogP contribution in [0.1, 0.15) is 36.0 Å². The Balaban J connectivity index is 1.26. The molecule has 2 aromatic carbocycles. The maximum atomic E-state index is 13.4. The molecule has 0 bridgehead atoms. The van der Waals surface area contributed by atoms with Gasteiger partial charge in [-0.15, -0.1) is 0 Å². The number of amides is 3. The molecule has 1 N–H and O–H groups in total. The number of fused-ring (bicyclic) bond motifs is 1. The molecule has 1 heterocycles. The van der Waals surface area contributed by atoms with Gasteiger partial charge in [0.2, 0.25) is 0 Å². The Bertz CT molecular complexity index is 1020. The number of hydrogen-bond donors (Lipinski definition) is 1. The van der Waals surface area contributed by atoms with Crippen molar-refractivity contribution in [1.29, 1.82) is 0 Å². The summed E-state index contributed by atoms with van der Waals surface area (Å²) in [5.74, 6) is 0.707. The number of rotatable bonds is 7. The molecule has 6 nitrogen and oxygen atoms in total. The fourth-order valence-corrected chi connectivity index (χ4v) is 4.83. The lowest BCUT2D eigenvalue weighted by Crippen LogP contribution is -2.51. The van der Waals surface area contributed by atoms with Gasteiger partial charge in [-0.3, -0.25) is 9.69 Å². The first-order valence-corrected chi connectivity index (χ1v) is 10.9. The summed E-state index contributed by atoms with van der Waals surface area (Å²) < 4.78 is 11.2. The summed E-state index contributed by atoms with van der Waals surface area (Å²) in [5.41, 5.74) is 2.54. The van der Waals surface area contributed by atoms with Gasteiger partial charge in [0, 0.05) is 25.5 Å². The predicted molar refractivity (Wildman–Crippen MR) is 116 cm³/mol. The largest absolute Gasteiger partial charge is 0.493 e. The second-order valence-electron chi connectivity index (χ2n) is 9.22. The quantitative estimate of drug-likeness (QED) is 0.697. The molecule has 2 fully saturated rings. The van der Waals surface area contributed by atoms with E-state index in [1.54, 1.807) is 7.11 Å². The van der Waals surface area contributed by atoms with Crippen molar-refractivity contribution in [3.8, 4) is 5.75 Å². The molecule has 2 aliphatic carbocycles. The third-order valence-electron chi connectivity index (χ3n) is 6.88. The molecule has 1 aliphatic heterocycles. The number of ether oxygens (including phenoxy) is 2. The van der Waals surface area contributed by atoms with Crippen molar-refractivity contribution in [2.24, 2.45) is 5.41 Å². The number of aryl methyl sites for hydroxylation is 1. The second kappa shape index (κ2) is 7.68. The van der Waals surface area contributed by atoms with Crippen molar-refractivity contribution < 1.29 is 19.1 Å². The van der Waals surface area contributed by atoms with E-state index < -0.39 is 5.54 Å². The van der Waals surface area contributed by atoms with Gasteiger partial charge >= 0.3 is 6.03 Å². The van der Waals surface area contributed by atoms with E-state index >= 15 is 0 Å². The zero-order valence-electron chi connectivity index (χ0n) is 17.9. The Morgan fingerprint density at radius 1 is 1.03 bits per heavy atom. The summed E-state index contributed by atoms with van der Waals surface area (Å²) >= 11 is 0. The summed E-state index contributed by atoms with van der Waals surface area (Å²) in [6.45, 7) is 1.45. The Labute approximate surface area is 182 Å². The first-order valence-electron chi connectivity index (χ1n) is 10.9. The van der Waals surface area contributed by atoms with Crippen LogP contribution in [0, 0.1) is 5.41 Å². The highest BCUT2D eigenvalue weighted by Gasteiger charge is 2.56. The first-order chi connectivity index (χ1) is 15.0. The molecule has 3 aliphatic rings. The van der Waals surface area contributed by atoms with E-state index in [-0.39, 0.29) is 17.4 Å². The van der Waals surface area contributed by atoms with Crippen LogP contribution < -0.4 is 10.1 Å². The molecule has 3 amide bonds. The summed E-state index contributed by atoms with van der Waals surface area (Å²) in [7, 11) is 1.67. The predicted octanol–water partition coefficient (Wildman–Crippen LogP) is 3.47. The fourth-order valence-electron chi connectivity index (χ4n) is 4.83. The minimum atomic E-state index is -0.795. The lowest BCUT2D eigenvalue weighted by Gasteiger charge is -2.32. The van der Waals surface area contributed by atoms with Gasteiger partial charge in [-0.25, -0.2) is 4.79 Å². The van der Waals surface area contributed by atoms with Crippen LogP contribution in [0.3, 0.4) is 0 Å². The summed E-state index contributed by atoms with van der Waals surface area (Å²) in [6, 6.07) is 15.8. The Morgan fingerprint density at radius 2 is 1.84 bits per heavy atom. The number of nitrogens with one attached hydrogen (secondary N) is 1. The summed E-state index contributed by atoms with van der Waals surface area (Å²) in [4.78, 5) is 27.6.